The summed E-state index contributed by atoms with van der Waals surface area (Å²) in [5, 5.41) is 10.5. The first-order valence-corrected chi connectivity index (χ1v) is 16.3. The minimum atomic E-state index is 1.18. The van der Waals surface area contributed by atoms with Crippen LogP contribution in [0.4, 0.5) is 0 Å². The van der Waals surface area contributed by atoms with Crippen molar-refractivity contribution in [3.05, 3.63) is 146 Å². The first kappa shape index (κ1) is 23.8. The largest absolute Gasteiger partial charge is 0.309 e. The smallest absolute Gasteiger partial charge is 0.0641 e. The Labute approximate surface area is 261 Å². The third-order valence-corrected chi connectivity index (χ3v) is 11.0. The van der Waals surface area contributed by atoms with Crippen molar-refractivity contribution in [2.24, 2.45) is 0 Å². The Balaban J connectivity index is 1.24. The van der Waals surface area contributed by atoms with E-state index in [1.807, 2.05) is 11.3 Å². The van der Waals surface area contributed by atoms with Crippen molar-refractivity contribution in [3.63, 3.8) is 0 Å². The third-order valence-electron chi connectivity index (χ3n) is 9.86. The van der Waals surface area contributed by atoms with Crippen molar-refractivity contribution in [1.29, 1.82) is 0 Å². The maximum atomic E-state index is 2.50. The van der Waals surface area contributed by atoms with E-state index in [1.165, 1.54) is 96.9 Å². The van der Waals surface area contributed by atoms with Gasteiger partial charge in [0.25, 0.3) is 0 Å². The summed E-state index contributed by atoms with van der Waals surface area (Å²) in [5.41, 5.74) is 9.97. The van der Waals surface area contributed by atoms with Gasteiger partial charge in [-0.15, -0.1) is 11.3 Å². The van der Waals surface area contributed by atoms with E-state index in [2.05, 4.69) is 155 Å². The lowest BCUT2D eigenvalue weighted by molar-refractivity contribution is 1.18. The molecule has 0 atom stereocenters. The Morgan fingerprint density at radius 1 is 0.378 bits per heavy atom. The molecule has 0 saturated heterocycles. The molecule has 0 aliphatic rings. The standard InChI is InChI=1S/C42H24N2S/c1-4-14-33-28(9-1)30-13-7-16-35-40(30)41-36(24-23-31-29-10-2-5-15-34(29)44(33)42(31)41)43(35)26-21-19-25(20-22-26)27-12-8-18-38-39(27)32-11-3-6-17-37(32)45-38/h1-24H. The monoisotopic (exact) mass is 588 g/mol. The Bertz CT molecular complexity index is 2970. The lowest BCUT2D eigenvalue weighted by atomic mass is 9.99. The number of para-hydroxylation sites is 2. The van der Waals surface area contributed by atoms with Crippen LogP contribution in [0, 0.1) is 0 Å². The minimum absolute atomic E-state index is 1.18. The summed E-state index contributed by atoms with van der Waals surface area (Å²) in [6.45, 7) is 0. The first-order valence-electron chi connectivity index (χ1n) is 15.5. The number of hydrogen-bond donors (Lipinski definition) is 0. The van der Waals surface area contributed by atoms with E-state index in [0.29, 0.717) is 0 Å². The van der Waals surface area contributed by atoms with Gasteiger partial charge in [0.05, 0.1) is 27.6 Å². The van der Waals surface area contributed by atoms with E-state index in [0.717, 1.165) is 0 Å². The number of thiophene rings is 1. The van der Waals surface area contributed by atoms with Gasteiger partial charge in [0.1, 0.15) is 0 Å². The summed E-state index contributed by atoms with van der Waals surface area (Å²) in [5.74, 6) is 0. The molecule has 0 radical (unpaired) electrons. The number of nitrogens with zero attached hydrogens (tertiary/aromatic N) is 2. The van der Waals surface area contributed by atoms with Crippen LogP contribution in [-0.4, -0.2) is 8.97 Å². The van der Waals surface area contributed by atoms with E-state index in [9.17, 15) is 0 Å². The van der Waals surface area contributed by atoms with Gasteiger partial charge in [0.2, 0.25) is 0 Å². The number of benzene rings is 7. The van der Waals surface area contributed by atoms with Gasteiger partial charge in [-0.05, 0) is 65.0 Å². The van der Waals surface area contributed by atoms with Crippen LogP contribution in [0.2, 0.25) is 0 Å². The third kappa shape index (κ3) is 2.98. The Morgan fingerprint density at radius 2 is 1.00 bits per heavy atom. The predicted octanol–water partition coefficient (Wildman–Crippen LogP) is 12.0. The Kier molecular flexibility index (Phi) is 4.49. The zero-order valence-electron chi connectivity index (χ0n) is 24.2. The van der Waals surface area contributed by atoms with E-state index < -0.39 is 0 Å². The molecule has 0 N–H and O–H groups in total. The lowest BCUT2D eigenvalue weighted by Crippen LogP contribution is -1.94. The van der Waals surface area contributed by atoms with Crippen LogP contribution in [-0.2, 0) is 0 Å². The van der Waals surface area contributed by atoms with Crippen molar-refractivity contribution < 1.29 is 0 Å². The second-order valence-corrected chi connectivity index (χ2v) is 13.2. The van der Waals surface area contributed by atoms with Crippen LogP contribution in [0.5, 0.6) is 0 Å². The van der Waals surface area contributed by atoms with Crippen LogP contribution in [0.3, 0.4) is 0 Å². The molecule has 0 saturated carbocycles. The van der Waals surface area contributed by atoms with E-state index in [4.69, 9.17) is 0 Å². The van der Waals surface area contributed by atoms with Crippen LogP contribution in [0.1, 0.15) is 0 Å². The molecular formula is C42H24N2S. The van der Waals surface area contributed by atoms with Gasteiger partial charge in [0, 0.05) is 52.8 Å². The molecule has 11 aromatic rings. The molecule has 4 heterocycles. The zero-order chi connectivity index (χ0) is 29.2. The second kappa shape index (κ2) is 8.50. The van der Waals surface area contributed by atoms with Gasteiger partial charge >= 0.3 is 0 Å². The number of aromatic nitrogens is 2. The molecular weight excluding hydrogens is 565 g/mol. The topological polar surface area (TPSA) is 9.34 Å². The molecule has 4 aromatic heterocycles. The highest BCUT2D eigenvalue weighted by molar-refractivity contribution is 7.25. The van der Waals surface area contributed by atoms with E-state index in [-0.39, 0.29) is 0 Å². The first-order chi connectivity index (χ1) is 22.3. The van der Waals surface area contributed by atoms with E-state index in [1.54, 1.807) is 0 Å². The van der Waals surface area contributed by atoms with Gasteiger partial charge in [-0.25, -0.2) is 0 Å². The zero-order valence-corrected chi connectivity index (χ0v) is 25.0. The fraction of sp³-hybridized carbons (Fsp3) is 0. The highest BCUT2D eigenvalue weighted by Gasteiger charge is 2.22. The summed E-state index contributed by atoms with van der Waals surface area (Å²) in [7, 11) is 0. The number of rotatable bonds is 2. The Hall–Kier alpha value is -5.64. The molecule has 0 fully saturated rings. The summed E-state index contributed by atoms with van der Waals surface area (Å²) in [4.78, 5) is 0. The van der Waals surface area contributed by atoms with Gasteiger partial charge in [0.15, 0.2) is 0 Å². The van der Waals surface area contributed by atoms with Crippen molar-refractivity contribution in [2.75, 3.05) is 0 Å². The molecule has 0 amide bonds. The molecule has 0 aliphatic heterocycles. The van der Waals surface area contributed by atoms with Crippen molar-refractivity contribution >= 4 is 91.4 Å². The summed E-state index contributed by atoms with van der Waals surface area (Å²) in [6.07, 6.45) is 0. The molecule has 0 bridgehead atoms. The summed E-state index contributed by atoms with van der Waals surface area (Å²) >= 11 is 1.87. The normalized spacial score (nSPS) is 12.4. The molecule has 3 heteroatoms. The molecule has 45 heavy (non-hydrogen) atoms. The van der Waals surface area contributed by atoms with Gasteiger partial charge in [-0.2, -0.15) is 0 Å². The molecule has 7 aromatic carbocycles. The fourth-order valence-corrected chi connectivity index (χ4v) is 9.19. The molecule has 11 rings (SSSR count). The van der Waals surface area contributed by atoms with Gasteiger partial charge < -0.3 is 8.97 Å². The average Bonchev–Trinajstić information content (AvgIpc) is 3.73. The van der Waals surface area contributed by atoms with Crippen LogP contribution in [0.15, 0.2) is 146 Å². The SMILES string of the molecule is c1ccc2c(c1)sc1cccc(-c3ccc(-n4c5cccc6c7ccccc7n7c8ccccc8c8ccc4c(c65)c87)cc3)c12. The van der Waals surface area contributed by atoms with Crippen molar-refractivity contribution in [3.8, 4) is 16.8 Å². The van der Waals surface area contributed by atoms with Crippen LogP contribution >= 0.6 is 11.3 Å². The minimum Gasteiger partial charge on any atom is -0.309 e. The average molecular weight is 589 g/mol. The molecule has 0 spiro atoms. The highest BCUT2D eigenvalue weighted by atomic mass is 32.1. The Morgan fingerprint density at radius 3 is 1.82 bits per heavy atom. The quantitative estimate of drug-likeness (QED) is 0.190. The highest BCUT2D eigenvalue weighted by Crippen LogP contribution is 2.45. The lowest BCUT2D eigenvalue weighted by Gasteiger charge is -2.11. The molecule has 208 valence electrons. The maximum absolute atomic E-state index is 2.50. The van der Waals surface area contributed by atoms with Crippen molar-refractivity contribution in [1.82, 2.24) is 8.97 Å². The molecule has 2 nitrogen and oxygen atoms in total. The summed E-state index contributed by atoms with van der Waals surface area (Å²) in [6, 6.07) is 53.9. The summed E-state index contributed by atoms with van der Waals surface area (Å²) < 4.78 is 7.64. The van der Waals surface area contributed by atoms with Crippen LogP contribution < -0.4 is 0 Å². The van der Waals surface area contributed by atoms with E-state index >= 15 is 0 Å². The van der Waals surface area contributed by atoms with Crippen molar-refractivity contribution in [2.45, 2.75) is 0 Å². The fourth-order valence-electron chi connectivity index (χ4n) is 8.05. The predicted molar refractivity (Wildman–Crippen MR) is 194 cm³/mol. The number of hydrogen-bond acceptors (Lipinski definition) is 1. The van der Waals surface area contributed by atoms with Gasteiger partial charge in [-0.3, -0.25) is 0 Å². The second-order valence-electron chi connectivity index (χ2n) is 12.1. The molecule has 0 aliphatic carbocycles. The number of fused-ring (bicyclic) bond motifs is 9. The maximum Gasteiger partial charge on any atom is 0.0641 e. The van der Waals surface area contributed by atoms with Gasteiger partial charge in [-0.1, -0.05) is 97.1 Å². The van der Waals surface area contributed by atoms with Crippen LogP contribution in [0.25, 0.3) is 96.9 Å². The molecule has 0 unspecified atom stereocenters.